The third-order valence-corrected chi connectivity index (χ3v) is 6.67. The molecule has 4 rings (SSSR count). The summed E-state index contributed by atoms with van der Waals surface area (Å²) >= 11 is 1.76. The number of hydrogen-bond donors (Lipinski definition) is 0. The van der Waals surface area contributed by atoms with E-state index in [4.69, 9.17) is 4.74 Å². The fourth-order valence-corrected chi connectivity index (χ4v) is 5.28. The molecule has 1 aromatic carbocycles. The number of thiazole rings is 1. The SMILES string of the molecule is COc1cccc(CN2CCC[C@]3(CCN(Cc4csc(C)n4)C3)C2)c1. The molecule has 4 nitrogen and oxygen atoms in total. The summed E-state index contributed by atoms with van der Waals surface area (Å²) in [5.41, 5.74) is 3.07. The maximum atomic E-state index is 5.38. The highest BCUT2D eigenvalue weighted by Gasteiger charge is 2.41. The molecule has 0 amide bonds. The quantitative estimate of drug-likeness (QED) is 0.796. The summed E-state index contributed by atoms with van der Waals surface area (Å²) in [6, 6.07) is 8.51. The van der Waals surface area contributed by atoms with Crippen molar-refractivity contribution >= 4 is 11.3 Å². The van der Waals surface area contributed by atoms with Crippen molar-refractivity contribution in [1.29, 1.82) is 0 Å². The Morgan fingerprint density at radius 3 is 2.77 bits per heavy atom. The summed E-state index contributed by atoms with van der Waals surface area (Å²) in [6.07, 6.45) is 4.01. The number of hydrogen-bond acceptors (Lipinski definition) is 5. The molecule has 0 radical (unpaired) electrons. The van der Waals surface area contributed by atoms with Crippen LogP contribution in [-0.4, -0.2) is 48.1 Å². The Labute approximate surface area is 160 Å². The molecule has 0 unspecified atom stereocenters. The third kappa shape index (κ3) is 4.11. The minimum Gasteiger partial charge on any atom is -0.497 e. The molecule has 3 heterocycles. The number of aryl methyl sites for hydroxylation is 1. The molecule has 1 aromatic heterocycles. The molecule has 0 bridgehead atoms. The minimum absolute atomic E-state index is 0.474. The number of benzene rings is 1. The first-order valence-electron chi connectivity index (χ1n) is 9.63. The van der Waals surface area contributed by atoms with Crippen LogP contribution in [0.15, 0.2) is 29.6 Å². The van der Waals surface area contributed by atoms with Gasteiger partial charge in [-0.2, -0.15) is 0 Å². The Morgan fingerprint density at radius 2 is 2.00 bits per heavy atom. The minimum atomic E-state index is 0.474. The van der Waals surface area contributed by atoms with E-state index in [2.05, 4.69) is 45.3 Å². The van der Waals surface area contributed by atoms with Gasteiger partial charge in [-0.05, 0) is 62.4 Å². The maximum Gasteiger partial charge on any atom is 0.119 e. The number of likely N-dealkylation sites (tertiary alicyclic amines) is 2. The molecule has 2 saturated heterocycles. The van der Waals surface area contributed by atoms with Gasteiger partial charge in [-0.1, -0.05) is 12.1 Å². The third-order valence-electron chi connectivity index (χ3n) is 5.85. The average Bonchev–Trinajstić information content (AvgIpc) is 3.22. The van der Waals surface area contributed by atoms with Crippen LogP contribution < -0.4 is 4.74 Å². The lowest BCUT2D eigenvalue weighted by molar-refractivity contribution is 0.0864. The van der Waals surface area contributed by atoms with E-state index in [1.165, 1.54) is 61.7 Å². The summed E-state index contributed by atoms with van der Waals surface area (Å²) in [4.78, 5) is 9.91. The number of nitrogens with zero attached hydrogens (tertiary/aromatic N) is 3. The van der Waals surface area contributed by atoms with Gasteiger partial charge in [-0.3, -0.25) is 9.80 Å². The molecule has 5 heteroatoms. The predicted octanol–water partition coefficient (Wildman–Crippen LogP) is 3.95. The average molecular weight is 372 g/mol. The summed E-state index contributed by atoms with van der Waals surface area (Å²) < 4.78 is 5.38. The Balaban J connectivity index is 1.37. The standard InChI is InChI=1S/C21H29N3OS/c1-17-22-19(14-26-17)13-24-10-8-21(16-24)7-4-9-23(15-21)12-18-5-3-6-20(11-18)25-2/h3,5-6,11,14H,4,7-10,12-13,15-16H2,1-2H3/t21-/m0/s1. The molecule has 0 saturated carbocycles. The molecule has 1 atom stereocenters. The van der Waals surface area contributed by atoms with Gasteiger partial charge in [-0.25, -0.2) is 4.98 Å². The van der Waals surface area contributed by atoms with Crippen molar-refractivity contribution in [1.82, 2.24) is 14.8 Å². The van der Waals surface area contributed by atoms with Crippen LogP contribution >= 0.6 is 11.3 Å². The highest BCUT2D eigenvalue weighted by molar-refractivity contribution is 7.09. The first-order valence-corrected chi connectivity index (χ1v) is 10.5. The topological polar surface area (TPSA) is 28.6 Å². The van der Waals surface area contributed by atoms with Gasteiger partial charge in [0.25, 0.3) is 0 Å². The van der Waals surface area contributed by atoms with Crippen molar-refractivity contribution in [2.24, 2.45) is 5.41 Å². The largest absolute Gasteiger partial charge is 0.497 e. The van der Waals surface area contributed by atoms with Crippen molar-refractivity contribution in [3.63, 3.8) is 0 Å². The van der Waals surface area contributed by atoms with E-state index in [0.29, 0.717) is 5.41 Å². The first kappa shape index (κ1) is 18.0. The fourth-order valence-electron chi connectivity index (χ4n) is 4.68. The van der Waals surface area contributed by atoms with Gasteiger partial charge in [0.05, 0.1) is 17.8 Å². The molecule has 2 fully saturated rings. The Morgan fingerprint density at radius 1 is 1.15 bits per heavy atom. The molecule has 26 heavy (non-hydrogen) atoms. The van der Waals surface area contributed by atoms with Crippen LogP contribution in [0.3, 0.4) is 0 Å². The molecular weight excluding hydrogens is 342 g/mol. The molecular formula is C21H29N3OS. The molecule has 1 spiro atoms. The zero-order valence-corrected chi connectivity index (χ0v) is 16.7. The number of ether oxygens (including phenoxy) is 1. The van der Waals surface area contributed by atoms with Gasteiger partial charge >= 0.3 is 0 Å². The van der Waals surface area contributed by atoms with Gasteiger partial charge in [0.15, 0.2) is 0 Å². The van der Waals surface area contributed by atoms with Crippen LogP contribution in [0.2, 0.25) is 0 Å². The zero-order chi connectivity index (χ0) is 18.0. The number of piperidine rings is 1. The Bertz CT molecular complexity index is 746. The zero-order valence-electron chi connectivity index (χ0n) is 15.9. The van der Waals surface area contributed by atoms with Gasteiger partial charge in [-0.15, -0.1) is 11.3 Å². The molecule has 140 valence electrons. The fraction of sp³-hybridized carbons (Fsp3) is 0.571. The predicted molar refractivity (Wildman–Crippen MR) is 107 cm³/mol. The first-order chi connectivity index (χ1) is 12.6. The number of rotatable bonds is 5. The monoisotopic (exact) mass is 371 g/mol. The highest BCUT2D eigenvalue weighted by Crippen LogP contribution is 2.40. The van der Waals surface area contributed by atoms with E-state index < -0.39 is 0 Å². The maximum absolute atomic E-state index is 5.38. The molecule has 0 aliphatic carbocycles. The van der Waals surface area contributed by atoms with Gasteiger partial charge in [0.2, 0.25) is 0 Å². The van der Waals surface area contributed by atoms with E-state index in [0.717, 1.165) is 18.8 Å². The Kier molecular flexibility index (Phi) is 5.30. The lowest BCUT2D eigenvalue weighted by Gasteiger charge is -2.40. The number of methoxy groups -OCH3 is 1. The summed E-state index contributed by atoms with van der Waals surface area (Å²) in [6.45, 7) is 9.01. The van der Waals surface area contributed by atoms with Crippen LogP contribution in [0.25, 0.3) is 0 Å². The second kappa shape index (κ2) is 7.67. The van der Waals surface area contributed by atoms with Gasteiger partial charge < -0.3 is 4.74 Å². The van der Waals surface area contributed by atoms with Crippen molar-refractivity contribution in [2.45, 2.75) is 39.3 Å². The van der Waals surface area contributed by atoms with Gasteiger partial charge in [0.1, 0.15) is 5.75 Å². The van der Waals surface area contributed by atoms with Gasteiger partial charge in [0, 0.05) is 31.6 Å². The Hall–Kier alpha value is -1.43. The van der Waals surface area contributed by atoms with Crippen LogP contribution in [0.1, 0.15) is 35.5 Å². The second-order valence-electron chi connectivity index (χ2n) is 7.98. The van der Waals surface area contributed by atoms with E-state index in [9.17, 15) is 0 Å². The molecule has 2 aliphatic heterocycles. The lowest BCUT2D eigenvalue weighted by Crippen LogP contribution is -2.44. The highest BCUT2D eigenvalue weighted by atomic mass is 32.1. The molecule has 2 aromatic rings. The summed E-state index contributed by atoms with van der Waals surface area (Å²) in [5, 5.41) is 3.40. The van der Waals surface area contributed by atoms with Crippen molar-refractivity contribution < 1.29 is 4.74 Å². The van der Waals surface area contributed by atoms with Crippen LogP contribution in [0.4, 0.5) is 0 Å². The van der Waals surface area contributed by atoms with E-state index in [-0.39, 0.29) is 0 Å². The van der Waals surface area contributed by atoms with Crippen LogP contribution in [-0.2, 0) is 13.1 Å². The van der Waals surface area contributed by atoms with Crippen LogP contribution in [0.5, 0.6) is 5.75 Å². The molecule has 2 aliphatic rings. The molecule has 0 N–H and O–H groups in total. The van der Waals surface area contributed by atoms with Crippen molar-refractivity contribution in [3.8, 4) is 5.75 Å². The second-order valence-corrected chi connectivity index (χ2v) is 9.05. The smallest absolute Gasteiger partial charge is 0.119 e. The number of aromatic nitrogens is 1. The summed E-state index contributed by atoms with van der Waals surface area (Å²) in [7, 11) is 1.74. The normalized spacial score (nSPS) is 24.4. The lowest BCUT2D eigenvalue weighted by atomic mass is 9.79. The van der Waals surface area contributed by atoms with E-state index >= 15 is 0 Å². The summed E-state index contributed by atoms with van der Waals surface area (Å²) in [5.74, 6) is 0.958. The van der Waals surface area contributed by atoms with Crippen molar-refractivity contribution in [2.75, 3.05) is 33.3 Å². The van der Waals surface area contributed by atoms with E-state index in [1.807, 2.05) is 6.07 Å². The van der Waals surface area contributed by atoms with E-state index in [1.54, 1.807) is 18.4 Å². The van der Waals surface area contributed by atoms with Crippen molar-refractivity contribution in [3.05, 3.63) is 45.9 Å². The van der Waals surface area contributed by atoms with Crippen LogP contribution in [0, 0.1) is 12.3 Å².